The van der Waals surface area contributed by atoms with Gasteiger partial charge in [0.2, 0.25) is 6.67 Å². The molecule has 1 heterocycles. The Labute approximate surface area is 70.7 Å². The van der Waals surface area contributed by atoms with Gasteiger partial charge in [-0.15, -0.1) is 4.58 Å². The van der Waals surface area contributed by atoms with Crippen molar-refractivity contribution in [3.05, 3.63) is 12.4 Å². The molecule has 0 aromatic heterocycles. The number of hydrogen-bond donors (Lipinski definition) is 0. The molecular weight excluding hydrogens is 231 g/mol. The topological polar surface area (TPSA) is 23.3 Å². The third-order valence-electron chi connectivity index (χ3n) is 0.994. The Hall–Kier alpha value is -0.350. The Morgan fingerprint density at radius 2 is 2.44 bits per heavy atom. The van der Waals surface area contributed by atoms with Gasteiger partial charge >= 0.3 is 6.08 Å². The van der Waals surface area contributed by atoms with Crippen LogP contribution in [-0.4, -0.2) is 29.3 Å². The quantitative estimate of drug-likeness (QED) is 0.251. The van der Waals surface area contributed by atoms with E-state index in [4.69, 9.17) is 0 Å². The van der Waals surface area contributed by atoms with Crippen LogP contribution in [0.25, 0.3) is 0 Å². The predicted octanol–water partition coefficient (Wildman–Crippen LogP) is -3.29. The molecule has 1 aliphatic heterocycles. The molecular formula is C5H7IN2O. The fraction of sp³-hybridized carbons (Fsp3) is 0.400. The molecule has 0 N–H and O–H groups in total. The fourth-order valence-corrected chi connectivity index (χ4v) is 0.588. The van der Waals surface area contributed by atoms with E-state index in [1.807, 2.05) is 18.1 Å². The van der Waals surface area contributed by atoms with Gasteiger partial charge in [0.15, 0.2) is 6.20 Å². The molecule has 9 heavy (non-hydrogen) atoms. The zero-order valence-electron chi connectivity index (χ0n) is 5.04. The lowest BCUT2D eigenvalue weighted by Gasteiger charge is -1.96. The van der Waals surface area contributed by atoms with Crippen molar-refractivity contribution in [2.24, 2.45) is 0 Å². The van der Waals surface area contributed by atoms with E-state index < -0.39 is 0 Å². The molecule has 0 unspecified atom stereocenters. The third-order valence-corrected chi connectivity index (χ3v) is 0.994. The van der Waals surface area contributed by atoms with Crippen LogP contribution in [0.1, 0.15) is 0 Å². The van der Waals surface area contributed by atoms with Crippen LogP contribution in [0.4, 0.5) is 0 Å². The molecule has 0 saturated carbocycles. The van der Waals surface area contributed by atoms with Gasteiger partial charge in [-0.1, -0.05) is 0 Å². The molecule has 0 bridgehead atoms. The van der Waals surface area contributed by atoms with Crippen LogP contribution in [0.5, 0.6) is 0 Å². The van der Waals surface area contributed by atoms with Crippen LogP contribution in [0.15, 0.2) is 12.4 Å². The molecule has 0 aromatic carbocycles. The normalized spacial score (nSPS) is 15.2. The van der Waals surface area contributed by atoms with Gasteiger partial charge in [0.05, 0.1) is 6.20 Å². The lowest BCUT2D eigenvalue weighted by atomic mass is 10.9. The van der Waals surface area contributed by atoms with Crippen LogP contribution >= 0.6 is 0 Å². The largest absolute Gasteiger partial charge is 1.00 e. The molecule has 0 saturated heterocycles. The van der Waals surface area contributed by atoms with E-state index in [0.717, 1.165) is 0 Å². The van der Waals surface area contributed by atoms with Crippen LogP contribution in [0.2, 0.25) is 0 Å². The predicted molar refractivity (Wildman–Crippen MR) is 27.7 cm³/mol. The minimum Gasteiger partial charge on any atom is -1.00 e. The summed E-state index contributed by atoms with van der Waals surface area (Å²) in [6.07, 6.45) is 5.26. The fourth-order valence-electron chi connectivity index (χ4n) is 0.588. The summed E-state index contributed by atoms with van der Waals surface area (Å²) in [7, 11) is 1.90. The van der Waals surface area contributed by atoms with Gasteiger partial charge in [-0.05, 0) is 0 Å². The maximum atomic E-state index is 9.88. The number of isocyanates is 1. The Morgan fingerprint density at radius 1 is 1.78 bits per heavy atom. The van der Waals surface area contributed by atoms with Crippen LogP contribution in [-0.2, 0) is 4.79 Å². The second-order valence-electron chi connectivity index (χ2n) is 1.76. The molecule has 0 aliphatic carbocycles. The molecule has 4 heteroatoms. The van der Waals surface area contributed by atoms with Crippen molar-refractivity contribution < 1.29 is 33.3 Å². The summed E-state index contributed by atoms with van der Waals surface area (Å²) in [4.78, 5) is 11.8. The first-order valence-corrected chi connectivity index (χ1v) is 2.36. The van der Waals surface area contributed by atoms with Crippen molar-refractivity contribution in [1.29, 1.82) is 0 Å². The standard InChI is InChI=1S/C5H7N2O.HI/c1-6-2-3-7(4-6)5-8;/h2-3H,4H2,1H3;1H/q+1;/p-1. The SMILES string of the molecule is CN1C=C[N+](=C=O)C1.[I-]. The van der Waals surface area contributed by atoms with Crippen LogP contribution < -0.4 is 24.0 Å². The van der Waals surface area contributed by atoms with Gasteiger partial charge in [-0.3, -0.25) is 0 Å². The van der Waals surface area contributed by atoms with Crippen molar-refractivity contribution in [2.45, 2.75) is 0 Å². The lowest BCUT2D eigenvalue weighted by molar-refractivity contribution is -0.459. The van der Waals surface area contributed by atoms with E-state index in [1.54, 1.807) is 12.3 Å². The van der Waals surface area contributed by atoms with Crippen molar-refractivity contribution in [3.8, 4) is 0 Å². The lowest BCUT2D eigenvalue weighted by Crippen LogP contribution is -3.00. The molecule has 3 nitrogen and oxygen atoms in total. The maximum absolute atomic E-state index is 9.88. The smallest absolute Gasteiger partial charge is 0.431 e. The van der Waals surface area contributed by atoms with E-state index in [1.165, 1.54) is 4.58 Å². The monoisotopic (exact) mass is 238 g/mol. The molecule has 0 atom stereocenters. The number of hydrogen-bond acceptors (Lipinski definition) is 2. The average Bonchev–Trinajstić information content (AvgIpc) is 2.14. The van der Waals surface area contributed by atoms with Gasteiger partial charge in [-0.25, -0.2) is 0 Å². The second kappa shape index (κ2) is 3.63. The van der Waals surface area contributed by atoms with Gasteiger partial charge in [-0.2, -0.15) is 4.79 Å². The summed E-state index contributed by atoms with van der Waals surface area (Å²) in [5.41, 5.74) is 0. The van der Waals surface area contributed by atoms with Crippen molar-refractivity contribution in [3.63, 3.8) is 0 Å². The minimum atomic E-state index is 0. The van der Waals surface area contributed by atoms with Crippen molar-refractivity contribution >= 4 is 6.08 Å². The summed E-state index contributed by atoms with van der Waals surface area (Å²) >= 11 is 0. The number of halogens is 1. The number of rotatable bonds is 0. The average molecular weight is 238 g/mol. The highest BCUT2D eigenvalue weighted by Crippen LogP contribution is 1.93. The van der Waals surface area contributed by atoms with E-state index >= 15 is 0 Å². The first-order chi connectivity index (χ1) is 3.83. The zero-order valence-corrected chi connectivity index (χ0v) is 7.20. The Bertz CT molecular complexity index is 172. The molecule has 0 radical (unpaired) electrons. The number of nitrogens with zero attached hydrogens (tertiary/aromatic N) is 2. The van der Waals surface area contributed by atoms with Gasteiger partial charge in [0.1, 0.15) is 0 Å². The van der Waals surface area contributed by atoms with E-state index in [0.29, 0.717) is 6.67 Å². The molecule has 0 aromatic rings. The first-order valence-electron chi connectivity index (χ1n) is 2.36. The highest BCUT2D eigenvalue weighted by molar-refractivity contribution is 5.25. The minimum absolute atomic E-state index is 0. The molecule has 0 fully saturated rings. The molecule has 0 amide bonds. The van der Waals surface area contributed by atoms with Crippen molar-refractivity contribution in [1.82, 2.24) is 4.90 Å². The zero-order chi connectivity index (χ0) is 5.98. The van der Waals surface area contributed by atoms with Crippen LogP contribution in [0.3, 0.4) is 0 Å². The third kappa shape index (κ3) is 2.15. The van der Waals surface area contributed by atoms with Gasteiger partial charge in [0.25, 0.3) is 0 Å². The van der Waals surface area contributed by atoms with Gasteiger partial charge in [0, 0.05) is 7.05 Å². The molecule has 1 rings (SSSR count). The van der Waals surface area contributed by atoms with Crippen molar-refractivity contribution in [2.75, 3.05) is 13.7 Å². The first kappa shape index (κ1) is 8.65. The van der Waals surface area contributed by atoms with Gasteiger partial charge < -0.3 is 28.9 Å². The Balaban J connectivity index is 0.000000640. The maximum Gasteiger partial charge on any atom is 0.431 e. The highest BCUT2D eigenvalue weighted by atomic mass is 127. The summed E-state index contributed by atoms with van der Waals surface area (Å²) in [5, 5.41) is 0. The van der Waals surface area contributed by atoms with E-state index in [-0.39, 0.29) is 24.0 Å². The Morgan fingerprint density at radius 3 is 2.67 bits per heavy atom. The summed E-state index contributed by atoms with van der Waals surface area (Å²) in [6, 6.07) is 0. The van der Waals surface area contributed by atoms with E-state index in [9.17, 15) is 4.79 Å². The highest BCUT2D eigenvalue weighted by Gasteiger charge is 2.09. The summed E-state index contributed by atoms with van der Waals surface area (Å²) < 4.78 is 1.44. The second-order valence-corrected chi connectivity index (χ2v) is 1.76. The number of carbonyl (C=O) groups excluding carboxylic acids is 1. The summed E-state index contributed by atoms with van der Waals surface area (Å²) in [6.45, 7) is 0.628. The van der Waals surface area contributed by atoms with E-state index in [2.05, 4.69) is 0 Å². The summed E-state index contributed by atoms with van der Waals surface area (Å²) in [5.74, 6) is 0. The molecule has 1 aliphatic rings. The molecule has 0 spiro atoms. The molecule has 50 valence electrons. The van der Waals surface area contributed by atoms with Crippen LogP contribution in [0, 0.1) is 0 Å². The Kier molecular flexibility index (Phi) is 3.49.